The van der Waals surface area contributed by atoms with Gasteiger partial charge in [0.15, 0.2) is 0 Å². The first-order valence-corrected chi connectivity index (χ1v) is 9.97. The molecule has 3 aromatic carbocycles. The van der Waals surface area contributed by atoms with Gasteiger partial charge >= 0.3 is 5.97 Å². The van der Waals surface area contributed by atoms with Gasteiger partial charge in [0.2, 0.25) is 5.95 Å². The molecule has 156 valence electrons. The smallest absolute Gasteiger partial charge is 0.337 e. The first kappa shape index (κ1) is 19.1. The minimum Gasteiger partial charge on any atom is -0.508 e. The molecule has 0 unspecified atom stereocenters. The Hall–Kier alpha value is -3.84. The number of aromatic hydroxyl groups is 1. The van der Waals surface area contributed by atoms with Gasteiger partial charge in [-0.2, -0.15) is 0 Å². The highest BCUT2D eigenvalue weighted by molar-refractivity contribution is 5.94. The molecule has 0 aliphatic heterocycles. The molecular formula is C24H21N3O4. The molecule has 0 spiro atoms. The van der Waals surface area contributed by atoms with E-state index in [0.29, 0.717) is 23.4 Å². The van der Waals surface area contributed by atoms with Crippen molar-refractivity contribution in [2.75, 3.05) is 12.4 Å². The minimum atomic E-state index is -0.615. The van der Waals surface area contributed by atoms with Crippen LogP contribution in [0.4, 0.5) is 11.6 Å². The second-order valence-corrected chi connectivity index (χ2v) is 7.59. The molecule has 0 fully saturated rings. The van der Waals surface area contributed by atoms with Crippen LogP contribution >= 0.6 is 0 Å². The fourth-order valence-corrected chi connectivity index (χ4v) is 4.25. The topological polar surface area (TPSA) is 96.6 Å². The van der Waals surface area contributed by atoms with E-state index in [1.165, 1.54) is 7.11 Å². The number of phenols is 1. The molecule has 0 radical (unpaired) electrons. The third kappa shape index (κ3) is 3.29. The molecule has 7 nitrogen and oxygen atoms in total. The van der Waals surface area contributed by atoms with Gasteiger partial charge in [-0.15, -0.1) is 0 Å². The van der Waals surface area contributed by atoms with Crippen LogP contribution in [0, 0.1) is 0 Å². The lowest BCUT2D eigenvalue weighted by Crippen LogP contribution is -2.22. The number of hydrogen-bond acceptors (Lipinski definition) is 6. The highest BCUT2D eigenvalue weighted by atomic mass is 16.5. The number of nitrogens with one attached hydrogen (secondary N) is 1. The summed E-state index contributed by atoms with van der Waals surface area (Å²) in [6.07, 6.45) is -0.0604. The average molecular weight is 415 g/mol. The molecule has 0 bridgehead atoms. The molecule has 2 atom stereocenters. The van der Waals surface area contributed by atoms with Crippen LogP contribution in [-0.4, -0.2) is 38.9 Å². The molecule has 1 heterocycles. The number of benzene rings is 3. The van der Waals surface area contributed by atoms with Gasteiger partial charge in [0.25, 0.3) is 0 Å². The van der Waals surface area contributed by atoms with Gasteiger partial charge in [-0.05, 0) is 53.6 Å². The fraction of sp³-hybridized carbons (Fsp3) is 0.167. The van der Waals surface area contributed by atoms with Gasteiger partial charge in [-0.25, -0.2) is 9.78 Å². The monoisotopic (exact) mass is 415 g/mol. The van der Waals surface area contributed by atoms with Gasteiger partial charge in [-0.1, -0.05) is 24.3 Å². The van der Waals surface area contributed by atoms with Crippen molar-refractivity contribution >= 4 is 28.6 Å². The molecule has 0 saturated carbocycles. The summed E-state index contributed by atoms with van der Waals surface area (Å²) < 4.78 is 6.81. The average Bonchev–Trinajstić information content (AvgIpc) is 3.29. The summed E-state index contributed by atoms with van der Waals surface area (Å²) in [5.74, 6) is 0.265. The van der Waals surface area contributed by atoms with Crippen molar-refractivity contribution in [1.29, 1.82) is 0 Å². The Morgan fingerprint density at radius 1 is 1.13 bits per heavy atom. The Morgan fingerprint density at radius 3 is 2.68 bits per heavy atom. The third-order valence-electron chi connectivity index (χ3n) is 5.68. The highest BCUT2D eigenvalue weighted by Crippen LogP contribution is 2.39. The molecule has 0 saturated heterocycles. The number of aliphatic hydroxyl groups excluding tert-OH is 1. The van der Waals surface area contributed by atoms with E-state index in [1.807, 2.05) is 34.9 Å². The van der Waals surface area contributed by atoms with Gasteiger partial charge < -0.3 is 20.3 Å². The minimum absolute atomic E-state index is 0.168. The largest absolute Gasteiger partial charge is 0.508 e. The molecule has 1 aromatic heterocycles. The molecule has 7 heteroatoms. The molecule has 1 aliphatic rings. The van der Waals surface area contributed by atoms with E-state index in [-0.39, 0.29) is 11.8 Å². The van der Waals surface area contributed by atoms with Crippen molar-refractivity contribution in [3.63, 3.8) is 0 Å². The number of rotatable bonds is 4. The van der Waals surface area contributed by atoms with Gasteiger partial charge in [0, 0.05) is 12.1 Å². The second-order valence-electron chi connectivity index (χ2n) is 7.59. The van der Waals surface area contributed by atoms with Crippen LogP contribution in [-0.2, 0) is 11.2 Å². The van der Waals surface area contributed by atoms with E-state index in [4.69, 9.17) is 9.72 Å². The Labute approximate surface area is 178 Å². The maximum Gasteiger partial charge on any atom is 0.337 e. The number of carbonyl (C=O) groups is 1. The highest BCUT2D eigenvalue weighted by Gasteiger charge is 2.35. The van der Waals surface area contributed by atoms with Crippen LogP contribution in [0.1, 0.15) is 27.5 Å². The van der Waals surface area contributed by atoms with Gasteiger partial charge in [-0.3, -0.25) is 4.57 Å². The summed E-state index contributed by atoms with van der Waals surface area (Å²) in [6.45, 7) is 0. The van der Waals surface area contributed by atoms with Crippen LogP contribution in [0.15, 0.2) is 66.7 Å². The summed E-state index contributed by atoms with van der Waals surface area (Å²) in [7, 11) is 1.34. The van der Waals surface area contributed by atoms with Crippen molar-refractivity contribution < 1.29 is 19.7 Å². The second kappa shape index (κ2) is 7.45. The Kier molecular flexibility index (Phi) is 4.60. The number of aliphatic hydroxyl groups is 1. The molecule has 1 aliphatic carbocycles. The maximum absolute atomic E-state index is 12.0. The van der Waals surface area contributed by atoms with E-state index >= 15 is 0 Å². The number of nitrogens with zero attached hydrogens (tertiary/aromatic N) is 2. The molecule has 3 N–H and O–H groups in total. The predicted octanol–water partition coefficient (Wildman–Crippen LogP) is 3.78. The van der Waals surface area contributed by atoms with E-state index < -0.39 is 12.1 Å². The Bertz CT molecular complexity index is 1280. The first-order chi connectivity index (χ1) is 15.0. The zero-order valence-corrected chi connectivity index (χ0v) is 16.8. The number of carbonyl (C=O) groups excluding carboxylic acids is 1. The number of ether oxygens (including phenoxy) is 1. The number of methoxy groups -OCH3 is 1. The van der Waals surface area contributed by atoms with Crippen LogP contribution in [0.25, 0.3) is 11.0 Å². The van der Waals surface area contributed by atoms with Crippen molar-refractivity contribution in [1.82, 2.24) is 9.55 Å². The van der Waals surface area contributed by atoms with Crippen LogP contribution < -0.4 is 5.32 Å². The number of imidazole rings is 1. The first-order valence-electron chi connectivity index (χ1n) is 9.97. The number of esters is 1. The number of fused-ring (bicyclic) bond motifs is 2. The van der Waals surface area contributed by atoms with Crippen molar-refractivity contribution in [2.45, 2.75) is 18.6 Å². The van der Waals surface area contributed by atoms with Gasteiger partial charge in [0.05, 0.1) is 35.9 Å². The Morgan fingerprint density at radius 2 is 1.90 bits per heavy atom. The molecule has 4 aromatic rings. The van der Waals surface area contributed by atoms with Crippen LogP contribution in [0.2, 0.25) is 0 Å². The standard InChI is InChI=1S/C24H21N3O4/c1-31-23(30)15-6-11-20-19(12-15)26-24(25-16-7-9-17(28)10-8-16)27(20)22-18-5-3-2-4-14(18)13-21(22)29/h2-12,21-22,28-29H,13H2,1H3,(H,25,26)/t21-,22+/m0/s1. The lowest BCUT2D eigenvalue weighted by atomic mass is 10.1. The number of anilines is 2. The van der Waals surface area contributed by atoms with Crippen molar-refractivity contribution in [3.05, 3.63) is 83.4 Å². The zero-order chi connectivity index (χ0) is 21.5. The summed E-state index contributed by atoms with van der Waals surface area (Å²) >= 11 is 0. The normalized spacial score (nSPS) is 17.5. The maximum atomic E-state index is 12.0. The summed E-state index contributed by atoms with van der Waals surface area (Å²) in [5, 5.41) is 23.8. The van der Waals surface area contributed by atoms with E-state index in [9.17, 15) is 15.0 Å². The SMILES string of the molecule is COC(=O)c1ccc2c(c1)nc(Nc1ccc(O)cc1)n2[C@@H]1c2ccccc2C[C@@H]1O. The number of aromatic nitrogens is 2. The number of hydrogen-bond donors (Lipinski definition) is 3. The van der Waals surface area contributed by atoms with Crippen LogP contribution in [0.5, 0.6) is 5.75 Å². The van der Waals surface area contributed by atoms with E-state index in [0.717, 1.165) is 22.3 Å². The van der Waals surface area contributed by atoms with E-state index in [2.05, 4.69) is 5.32 Å². The molecular weight excluding hydrogens is 394 g/mol. The van der Waals surface area contributed by atoms with Crippen molar-refractivity contribution in [3.8, 4) is 5.75 Å². The Balaban J connectivity index is 1.69. The molecule has 5 rings (SSSR count). The summed E-state index contributed by atoms with van der Waals surface area (Å²) in [4.78, 5) is 16.7. The fourth-order valence-electron chi connectivity index (χ4n) is 4.25. The van der Waals surface area contributed by atoms with E-state index in [1.54, 1.807) is 36.4 Å². The lowest BCUT2D eigenvalue weighted by molar-refractivity contribution is 0.0601. The summed E-state index contributed by atoms with van der Waals surface area (Å²) in [5.41, 5.74) is 4.69. The third-order valence-corrected chi connectivity index (χ3v) is 5.68. The lowest BCUT2D eigenvalue weighted by Gasteiger charge is -2.22. The molecule has 0 amide bonds. The summed E-state index contributed by atoms with van der Waals surface area (Å²) in [6, 6.07) is 19.5. The number of phenolic OH excluding ortho intramolecular Hbond substituents is 1. The van der Waals surface area contributed by atoms with Crippen molar-refractivity contribution in [2.24, 2.45) is 0 Å². The molecule has 31 heavy (non-hydrogen) atoms. The zero-order valence-electron chi connectivity index (χ0n) is 16.8. The predicted molar refractivity (Wildman–Crippen MR) is 117 cm³/mol. The van der Waals surface area contributed by atoms with Gasteiger partial charge in [0.1, 0.15) is 5.75 Å². The van der Waals surface area contributed by atoms with Crippen LogP contribution in [0.3, 0.4) is 0 Å². The quantitative estimate of drug-likeness (QED) is 0.347.